The molecular weight excluding hydrogens is 296 g/mol. The minimum atomic E-state index is -3.50. The molecule has 0 aromatic carbocycles. The number of nitrogens with one attached hydrogen (secondary N) is 1. The Morgan fingerprint density at radius 1 is 1.35 bits per heavy atom. The van der Waals surface area contributed by atoms with Crippen molar-refractivity contribution in [3.8, 4) is 0 Å². The highest BCUT2D eigenvalue weighted by molar-refractivity contribution is 7.89. The van der Waals surface area contributed by atoms with Crippen LogP contribution in [-0.2, 0) is 10.0 Å². The average Bonchev–Trinajstić information content (AvgIpc) is 3.01. The molecule has 0 saturated heterocycles. The minimum Gasteiger partial charge on any atom is -0.243 e. The van der Waals surface area contributed by atoms with Gasteiger partial charge in [-0.1, -0.05) is 18.0 Å². The van der Waals surface area contributed by atoms with Gasteiger partial charge in [0, 0.05) is 12.2 Å². The summed E-state index contributed by atoms with van der Waals surface area (Å²) >= 11 is 5.69. The fourth-order valence-electron chi connectivity index (χ4n) is 3.83. The molecule has 6 heteroatoms. The van der Waals surface area contributed by atoms with E-state index in [-0.39, 0.29) is 10.9 Å². The van der Waals surface area contributed by atoms with Gasteiger partial charge in [-0.2, -0.15) is 0 Å². The van der Waals surface area contributed by atoms with Crippen LogP contribution < -0.4 is 4.72 Å². The third kappa shape index (κ3) is 2.71. The zero-order chi connectivity index (χ0) is 14.3. The van der Waals surface area contributed by atoms with Gasteiger partial charge in [-0.25, -0.2) is 18.1 Å². The summed E-state index contributed by atoms with van der Waals surface area (Å²) in [7, 11) is -3.50. The van der Waals surface area contributed by atoms with Crippen molar-refractivity contribution < 1.29 is 8.42 Å². The Morgan fingerprint density at radius 2 is 2.15 bits per heavy atom. The van der Waals surface area contributed by atoms with Crippen molar-refractivity contribution in [1.29, 1.82) is 0 Å². The van der Waals surface area contributed by atoms with E-state index in [0.717, 1.165) is 12.3 Å². The standard InChI is InChI=1S/C14H19ClN2O2S/c1-9(13-7-10-2-3-11(13)6-10)17-20(18,19)12-4-5-14(15)16-8-12/h4-5,8-11,13,17H,2-3,6-7H2,1H3. The number of nitrogens with zero attached hydrogens (tertiary/aromatic N) is 1. The largest absolute Gasteiger partial charge is 0.243 e. The maximum absolute atomic E-state index is 12.3. The Balaban J connectivity index is 1.71. The first-order valence-electron chi connectivity index (χ1n) is 7.09. The number of rotatable bonds is 4. The number of hydrogen-bond donors (Lipinski definition) is 1. The molecule has 1 aromatic rings. The summed E-state index contributed by atoms with van der Waals surface area (Å²) in [5.41, 5.74) is 0. The van der Waals surface area contributed by atoms with E-state index in [4.69, 9.17) is 11.6 Å². The van der Waals surface area contributed by atoms with Gasteiger partial charge in [0.2, 0.25) is 10.0 Å². The second-order valence-electron chi connectivity index (χ2n) is 6.07. The van der Waals surface area contributed by atoms with Gasteiger partial charge in [-0.3, -0.25) is 0 Å². The molecule has 1 heterocycles. The summed E-state index contributed by atoms with van der Waals surface area (Å²) in [6.07, 6.45) is 6.32. The van der Waals surface area contributed by atoms with Crippen LogP contribution in [0.5, 0.6) is 0 Å². The molecular formula is C14H19ClN2O2S. The molecule has 4 unspecified atom stereocenters. The lowest BCUT2D eigenvalue weighted by atomic mass is 9.84. The van der Waals surface area contributed by atoms with Crippen LogP contribution in [0.25, 0.3) is 0 Å². The second kappa shape index (κ2) is 5.28. The Kier molecular flexibility index (Phi) is 3.77. The van der Waals surface area contributed by atoms with Crippen LogP contribution >= 0.6 is 11.6 Å². The number of fused-ring (bicyclic) bond motifs is 2. The van der Waals surface area contributed by atoms with Crippen LogP contribution in [-0.4, -0.2) is 19.4 Å². The first-order valence-corrected chi connectivity index (χ1v) is 8.96. The maximum atomic E-state index is 12.3. The van der Waals surface area contributed by atoms with Crippen molar-refractivity contribution in [2.45, 2.75) is 43.5 Å². The van der Waals surface area contributed by atoms with Gasteiger partial charge in [0.1, 0.15) is 10.0 Å². The fraction of sp³-hybridized carbons (Fsp3) is 0.643. The number of sulfonamides is 1. The smallest absolute Gasteiger partial charge is 0.242 e. The number of hydrogen-bond acceptors (Lipinski definition) is 3. The number of aromatic nitrogens is 1. The summed E-state index contributed by atoms with van der Waals surface area (Å²) in [5.74, 6) is 1.99. The average molecular weight is 315 g/mol. The predicted molar refractivity (Wildman–Crippen MR) is 78.0 cm³/mol. The van der Waals surface area contributed by atoms with Crippen LogP contribution in [0.3, 0.4) is 0 Å². The third-order valence-electron chi connectivity index (χ3n) is 4.79. The quantitative estimate of drug-likeness (QED) is 0.869. The molecule has 1 aromatic heterocycles. The molecule has 2 bridgehead atoms. The maximum Gasteiger partial charge on any atom is 0.242 e. The molecule has 0 radical (unpaired) electrons. The Labute approximate surface area is 125 Å². The molecule has 110 valence electrons. The molecule has 20 heavy (non-hydrogen) atoms. The van der Waals surface area contributed by atoms with Gasteiger partial charge in [-0.15, -0.1) is 0 Å². The fourth-order valence-corrected chi connectivity index (χ4v) is 5.18. The Bertz CT molecular complexity index is 588. The van der Waals surface area contributed by atoms with Crippen LogP contribution in [0.2, 0.25) is 5.15 Å². The van der Waals surface area contributed by atoms with E-state index in [1.54, 1.807) is 0 Å². The first-order chi connectivity index (χ1) is 9.45. The lowest BCUT2D eigenvalue weighted by molar-refractivity contribution is 0.280. The van der Waals surface area contributed by atoms with E-state index in [0.29, 0.717) is 17.0 Å². The van der Waals surface area contributed by atoms with E-state index >= 15 is 0 Å². The van der Waals surface area contributed by atoms with Crippen molar-refractivity contribution in [3.05, 3.63) is 23.5 Å². The van der Waals surface area contributed by atoms with Crippen LogP contribution in [0, 0.1) is 17.8 Å². The van der Waals surface area contributed by atoms with Gasteiger partial charge in [0.25, 0.3) is 0 Å². The van der Waals surface area contributed by atoms with E-state index in [1.165, 1.54) is 37.6 Å². The molecule has 2 aliphatic carbocycles. The predicted octanol–water partition coefficient (Wildman–Crippen LogP) is 2.84. The van der Waals surface area contributed by atoms with Crippen molar-refractivity contribution in [3.63, 3.8) is 0 Å². The molecule has 2 fully saturated rings. The van der Waals surface area contributed by atoms with Crippen LogP contribution in [0.1, 0.15) is 32.6 Å². The van der Waals surface area contributed by atoms with Gasteiger partial charge in [0.15, 0.2) is 0 Å². The zero-order valence-corrected chi connectivity index (χ0v) is 13.0. The zero-order valence-electron chi connectivity index (χ0n) is 11.4. The number of pyridine rings is 1. The first kappa shape index (κ1) is 14.3. The third-order valence-corrected chi connectivity index (χ3v) is 6.55. The van der Waals surface area contributed by atoms with Crippen LogP contribution in [0.15, 0.2) is 23.2 Å². The number of halogens is 1. The molecule has 0 amide bonds. The highest BCUT2D eigenvalue weighted by Crippen LogP contribution is 2.49. The van der Waals surface area contributed by atoms with E-state index in [9.17, 15) is 8.42 Å². The van der Waals surface area contributed by atoms with E-state index in [2.05, 4.69) is 9.71 Å². The molecule has 0 spiro atoms. The summed E-state index contributed by atoms with van der Waals surface area (Å²) in [4.78, 5) is 4.01. The van der Waals surface area contributed by atoms with E-state index < -0.39 is 10.0 Å². The van der Waals surface area contributed by atoms with Gasteiger partial charge >= 0.3 is 0 Å². The highest BCUT2D eigenvalue weighted by atomic mass is 35.5. The molecule has 1 N–H and O–H groups in total. The molecule has 2 aliphatic rings. The lowest BCUT2D eigenvalue weighted by Crippen LogP contribution is -2.40. The van der Waals surface area contributed by atoms with Crippen molar-refractivity contribution in [2.75, 3.05) is 0 Å². The topological polar surface area (TPSA) is 59.1 Å². The van der Waals surface area contributed by atoms with Gasteiger partial charge in [0.05, 0.1) is 0 Å². The monoisotopic (exact) mass is 314 g/mol. The lowest BCUT2D eigenvalue weighted by Gasteiger charge is -2.28. The molecule has 4 nitrogen and oxygen atoms in total. The van der Waals surface area contributed by atoms with Gasteiger partial charge < -0.3 is 0 Å². The second-order valence-corrected chi connectivity index (χ2v) is 8.17. The van der Waals surface area contributed by atoms with Crippen LogP contribution in [0.4, 0.5) is 0 Å². The van der Waals surface area contributed by atoms with E-state index in [1.807, 2.05) is 6.92 Å². The summed E-state index contributed by atoms with van der Waals surface area (Å²) in [6.45, 7) is 1.98. The van der Waals surface area contributed by atoms with Crippen molar-refractivity contribution >= 4 is 21.6 Å². The molecule has 2 saturated carbocycles. The summed E-state index contributed by atoms with van der Waals surface area (Å²) in [6, 6.07) is 2.97. The summed E-state index contributed by atoms with van der Waals surface area (Å²) < 4.78 is 27.5. The molecule has 3 rings (SSSR count). The van der Waals surface area contributed by atoms with Gasteiger partial charge in [-0.05, 0) is 56.1 Å². The SMILES string of the molecule is CC(NS(=O)(=O)c1ccc(Cl)nc1)C1CC2CCC1C2. The molecule has 0 aliphatic heterocycles. The Morgan fingerprint density at radius 3 is 2.70 bits per heavy atom. The normalized spacial score (nSPS) is 30.6. The summed E-state index contributed by atoms with van der Waals surface area (Å²) in [5, 5.41) is 0.296. The Hall–Kier alpha value is -0.650. The van der Waals surface area contributed by atoms with Crippen molar-refractivity contribution in [1.82, 2.24) is 9.71 Å². The molecule has 4 atom stereocenters. The minimum absolute atomic E-state index is 0.0222. The van der Waals surface area contributed by atoms with Crippen molar-refractivity contribution in [2.24, 2.45) is 17.8 Å². The highest BCUT2D eigenvalue weighted by Gasteiger charge is 2.42.